The number of aryl methyl sites for hydroxylation is 2. The molecule has 4 rings (SSSR count). The summed E-state index contributed by atoms with van der Waals surface area (Å²) in [6, 6.07) is 9.50. The lowest BCUT2D eigenvalue weighted by molar-refractivity contribution is -0.118. The number of amides is 1. The largest absolute Gasteiger partial charge is 0.467 e. The number of anilines is 1. The zero-order valence-corrected chi connectivity index (χ0v) is 16.0. The molecule has 0 atom stereocenters. The second kappa shape index (κ2) is 7.94. The van der Waals surface area contributed by atoms with E-state index in [1.807, 2.05) is 24.3 Å². The number of rotatable bonds is 6. The van der Waals surface area contributed by atoms with Gasteiger partial charge in [0.15, 0.2) is 6.61 Å². The summed E-state index contributed by atoms with van der Waals surface area (Å²) in [6.07, 6.45) is 4.71. The number of nitrogens with one attached hydrogen (secondary N) is 1. The van der Waals surface area contributed by atoms with E-state index in [4.69, 9.17) is 10.00 Å². The maximum atomic E-state index is 12.4. The van der Waals surface area contributed by atoms with Crippen molar-refractivity contribution in [1.29, 1.82) is 5.26 Å². The van der Waals surface area contributed by atoms with E-state index in [1.54, 1.807) is 11.3 Å². The van der Waals surface area contributed by atoms with Gasteiger partial charge in [0, 0.05) is 9.77 Å². The van der Waals surface area contributed by atoms with Crippen LogP contribution in [0.2, 0.25) is 0 Å². The smallest absolute Gasteiger partial charge is 0.262 e. The molecule has 136 valence electrons. The van der Waals surface area contributed by atoms with Gasteiger partial charge in [0.1, 0.15) is 11.2 Å². The molecule has 0 unspecified atom stereocenters. The minimum absolute atomic E-state index is 0.131. The molecule has 0 saturated carbocycles. The minimum Gasteiger partial charge on any atom is -0.467 e. The number of hydrogen-bond acceptors (Lipinski definition) is 7. The molecule has 8 heteroatoms. The Bertz CT molecular complexity index is 1040. The third-order valence-corrected chi connectivity index (χ3v) is 6.40. The second-order valence-electron chi connectivity index (χ2n) is 6.00. The zero-order chi connectivity index (χ0) is 18.6. The van der Waals surface area contributed by atoms with Gasteiger partial charge in [0.2, 0.25) is 5.88 Å². The number of benzene rings is 1. The lowest BCUT2D eigenvalue weighted by Crippen LogP contribution is -2.21. The molecule has 1 aliphatic carbocycles. The molecule has 0 bridgehead atoms. The average Bonchev–Trinajstić information content (AvgIpc) is 3.27. The maximum Gasteiger partial charge on any atom is 0.262 e. The normalized spacial score (nSPS) is 12.6. The number of carbonyl (C=O) groups excluding carboxylic acids is 1. The van der Waals surface area contributed by atoms with E-state index in [-0.39, 0.29) is 12.5 Å². The van der Waals surface area contributed by atoms with Gasteiger partial charge in [-0.15, -0.1) is 23.1 Å². The Balaban J connectivity index is 1.46. The summed E-state index contributed by atoms with van der Waals surface area (Å²) in [6.45, 7) is -0.131. The van der Waals surface area contributed by atoms with Gasteiger partial charge in [-0.2, -0.15) is 5.26 Å². The van der Waals surface area contributed by atoms with Gasteiger partial charge in [-0.1, -0.05) is 12.1 Å². The topological polar surface area (TPSA) is 87.9 Å². The van der Waals surface area contributed by atoms with Crippen LogP contribution in [-0.2, 0) is 17.6 Å². The van der Waals surface area contributed by atoms with Crippen LogP contribution in [0, 0.1) is 11.3 Å². The lowest BCUT2D eigenvalue weighted by atomic mass is 10.2. The van der Waals surface area contributed by atoms with E-state index >= 15 is 0 Å². The van der Waals surface area contributed by atoms with Gasteiger partial charge in [0.25, 0.3) is 5.91 Å². The summed E-state index contributed by atoms with van der Waals surface area (Å²) in [5, 5.41) is 12.6. The SMILES string of the molecule is N#CCSc1ccccc1NC(=O)COc1ncnc2sc3c(c12)CCC3. The fourth-order valence-corrected chi connectivity index (χ4v) is 5.02. The fourth-order valence-electron chi connectivity index (χ4n) is 3.14. The van der Waals surface area contributed by atoms with Crippen molar-refractivity contribution in [3.8, 4) is 11.9 Å². The molecule has 1 N–H and O–H groups in total. The number of nitrogens with zero attached hydrogens (tertiary/aromatic N) is 3. The third-order valence-electron chi connectivity index (χ3n) is 4.26. The molecule has 1 aliphatic rings. The first-order valence-electron chi connectivity index (χ1n) is 8.53. The highest BCUT2D eigenvalue weighted by molar-refractivity contribution is 7.99. The number of ether oxygens (including phenoxy) is 1. The fraction of sp³-hybridized carbons (Fsp3) is 0.263. The first-order chi connectivity index (χ1) is 13.3. The maximum absolute atomic E-state index is 12.4. The predicted octanol–water partition coefficient (Wildman–Crippen LogP) is 3.81. The van der Waals surface area contributed by atoms with E-state index in [2.05, 4.69) is 21.4 Å². The van der Waals surface area contributed by atoms with Gasteiger partial charge in [-0.05, 0) is 37.0 Å². The summed E-state index contributed by atoms with van der Waals surface area (Å²) < 4.78 is 5.74. The van der Waals surface area contributed by atoms with Crippen LogP contribution in [0.4, 0.5) is 5.69 Å². The first kappa shape index (κ1) is 17.8. The van der Waals surface area contributed by atoms with E-state index in [1.165, 1.54) is 28.5 Å². The molecule has 1 amide bonds. The summed E-state index contributed by atoms with van der Waals surface area (Å²) in [4.78, 5) is 24.1. The Kier molecular flexibility index (Phi) is 5.23. The molecule has 2 aromatic heterocycles. The first-order valence-corrected chi connectivity index (χ1v) is 10.3. The van der Waals surface area contributed by atoms with Crippen LogP contribution >= 0.6 is 23.1 Å². The lowest BCUT2D eigenvalue weighted by Gasteiger charge is -2.11. The van der Waals surface area contributed by atoms with E-state index in [0.29, 0.717) is 17.3 Å². The molecule has 3 aromatic rings. The molecule has 0 radical (unpaired) electrons. The highest BCUT2D eigenvalue weighted by atomic mass is 32.2. The predicted molar refractivity (Wildman–Crippen MR) is 106 cm³/mol. The molecule has 1 aromatic carbocycles. The molecule has 6 nitrogen and oxygen atoms in total. The molecule has 0 spiro atoms. The third kappa shape index (κ3) is 3.75. The number of fused-ring (bicyclic) bond motifs is 3. The quantitative estimate of drug-likeness (QED) is 0.638. The Morgan fingerprint density at radius 1 is 1.33 bits per heavy atom. The van der Waals surface area contributed by atoms with Crippen molar-refractivity contribution in [2.45, 2.75) is 24.2 Å². The molecular formula is C19H16N4O2S2. The Morgan fingerprint density at radius 3 is 3.11 bits per heavy atom. The standard InChI is InChI=1S/C19H16N4O2S2/c20-8-9-26-15-6-2-1-5-13(15)23-16(24)10-25-18-17-12-4-3-7-14(12)27-19(17)22-11-21-18/h1-2,5-6,11H,3-4,7,9-10H2,(H,23,24). The van der Waals surface area contributed by atoms with Crippen molar-refractivity contribution in [2.75, 3.05) is 17.7 Å². The van der Waals surface area contributed by atoms with Gasteiger partial charge >= 0.3 is 0 Å². The second-order valence-corrected chi connectivity index (χ2v) is 8.10. The zero-order valence-electron chi connectivity index (χ0n) is 14.4. The van der Waals surface area contributed by atoms with Crippen LogP contribution < -0.4 is 10.1 Å². The van der Waals surface area contributed by atoms with Crippen LogP contribution in [0.1, 0.15) is 16.9 Å². The van der Waals surface area contributed by atoms with Gasteiger partial charge in [0.05, 0.1) is 22.9 Å². The van der Waals surface area contributed by atoms with Crippen molar-refractivity contribution in [2.24, 2.45) is 0 Å². The molecule has 0 aliphatic heterocycles. The number of aromatic nitrogens is 2. The number of thiophene rings is 1. The molecule has 2 heterocycles. The molecule has 0 saturated heterocycles. The van der Waals surface area contributed by atoms with E-state index < -0.39 is 0 Å². The van der Waals surface area contributed by atoms with Crippen molar-refractivity contribution in [3.05, 3.63) is 41.0 Å². The minimum atomic E-state index is -0.265. The molecule has 27 heavy (non-hydrogen) atoms. The number of nitriles is 1. The summed E-state index contributed by atoms with van der Waals surface area (Å²) in [7, 11) is 0. The van der Waals surface area contributed by atoms with Crippen LogP contribution in [0.5, 0.6) is 5.88 Å². The van der Waals surface area contributed by atoms with Crippen LogP contribution in [0.3, 0.4) is 0 Å². The highest BCUT2D eigenvalue weighted by Crippen LogP contribution is 2.39. The number of carbonyl (C=O) groups is 1. The summed E-state index contributed by atoms with van der Waals surface area (Å²) >= 11 is 3.07. The Hall–Kier alpha value is -2.63. The van der Waals surface area contributed by atoms with Gasteiger partial charge in [-0.25, -0.2) is 9.97 Å². The number of para-hydroxylation sites is 1. The Labute approximate surface area is 164 Å². The van der Waals surface area contributed by atoms with E-state index in [9.17, 15) is 4.79 Å². The van der Waals surface area contributed by atoms with Crippen LogP contribution in [0.25, 0.3) is 10.2 Å². The van der Waals surface area contributed by atoms with Crippen molar-refractivity contribution >= 4 is 44.9 Å². The summed E-state index contributed by atoms with van der Waals surface area (Å²) in [5.41, 5.74) is 1.94. The van der Waals surface area contributed by atoms with Crippen LogP contribution in [-0.4, -0.2) is 28.2 Å². The Morgan fingerprint density at radius 2 is 2.22 bits per heavy atom. The number of hydrogen-bond donors (Lipinski definition) is 1. The monoisotopic (exact) mass is 396 g/mol. The van der Waals surface area contributed by atoms with Gasteiger partial charge < -0.3 is 10.1 Å². The van der Waals surface area contributed by atoms with Crippen LogP contribution in [0.15, 0.2) is 35.5 Å². The number of thioether (sulfide) groups is 1. The van der Waals surface area contributed by atoms with Crippen molar-refractivity contribution in [1.82, 2.24) is 9.97 Å². The summed E-state index contributed by atoms with van der Waals surface area (Å²) in [5.74, 6) is 0.534. The average molecular weight is 396 g/mol. The van der Waals surface area contributed by atoms with Crippen molar-refractivity contribution in [3.63, 3.8) is 0 Å². The highest BCUT2D eigenvalue weighted by Gasteiger charge is 2.22. The molecule has 0 fully saturated rings. The molecular weight excluding hydrogens is 380 g/mol. The van der Waals surface area contributed by atoms with E-state index in [0.717, 1.165) is 34.4 Å². The van der Waals surface area contributed by atoms with Crippen molar-refractivity contribution < 1.29 is 9.53 Å². The van der Waals surface area contributed by atoms with Gasteiger partial charge in [-0.3, -0.25) is 4.79 Å².